The molecule has 0 radical (unpaired) electrons. The van der Waals surface area contributed by atoms with E-state index in [1.54, 1.807) is 62.4 Å². The van der Waals surface area contributed by atoms with Gasteiger partial charge in [-0.25, -0.2) is 4.79 Å². The van der Waals surface area contributed by atoms with Crippen molar-refractivity contribution in [1.29, 1.82) is 0 Å². The predicted octanol–water partition coefficient (Wildman–Crippen LogP) is 1.89. The first kappa shape index (κ1) is 20.1. The quantitative estimate of drug-likeness (QED) is 0.560. The van der Waals surface area contributed by atoms with Gasteiger partial charge in [-0.05, 0) is 43.7 Å². The molecule has 8 heteroatoms. The fourth-order valence-corrected chi connectivity index (χ4v) is 3.09. The van der Waals surface area contributed by atoms with E-state index in [9.17, 15) is 19.2 Å². The van der Waals surface area contributed by atoms with Crippen molar-refractivity contribution >= 4 is 29.4 Å². The van der Waals surface area contributed by atoms with Crippen LogP contribution in [0.3, 0.4) is 0 Å². The van der Waals surface area contributed by atoms with Crippen LogP contribution in [-0.4, -0.2) is 29.8 Å². The molecular weight excluding hydrogens is 372 g/mol. The Bertz CT molecular complexity index is 960. The van der Waals surface area contributed by atoms with E-state index in [0.717, 1.165) is 0 Å². The molecule has 8 nitrogen and oxygen atoms in total. The van der Waals surface area contributed by atoms with E-state index in [1.807, 2.05) is 6.07 Å². The van der Waals surface area contributed by atoms with Gasteiger partial charge in [-0.3, -0.25) is 19.7 Å². The minimum Gasteiger partial charge on any atom is -0.349 e. The summed E-state index contributed by atoms with van der Waals surface area (Å²) in [6.07, 6.45) is 0.0806. The number of rotatable bonds is 6. The molecule has 0 bridgehead atoms. The Balaban J connectivity index is 1.60. The SMILES string of the molecule is C[C@@H](CC(=O)Nc1cccc([C@]2(C)NC(=O)NC2=O)c1)NC(=O)c1ccccc1. The number of carbonyl (C=O) groups is 4. The molecule has 1 heterocycles. The molecule has 0 spiro atoms. The zero-order chi connectivity index (χ0) is 21.0. The normalized spacial score (nSPS) is 19.1. The van der Waals surface area contributed by atoms with Crippen LogP contribution in [0.25, 0.3) is 0 Å². The lowest BCUT2D eigenvalue weighted by molar-refractivity contribution is -0.123. The first-order valence-corrected chi connectivity index (χ1v) is 9.18. The van der Waals surface area contributed by atoms with Crippen LogP contribution < -0.4 is 21.3 Å². The maximum atomic E-state index is 12.4. The molecule has 3 rings (SSSR count). The van der Waals surface area contributed by atoms with Crippen molar-refractivity contribution in [2.24, 2.45) is 0 Å². The van der Waals surface area contributed by atoms with Crippen LogP contribution >= 0.6 is 0 Å². The Morgan fingerprint density at radius 3 is 2.45 bits per heavy atom. The summed E-state index contributed by atoms with van der Waals surface area (Å²) >= 11 is 0. The van der Waals surface area contributed by atoms with Crippen LogP contribution in [0.2, 0.25) is 0 Å². The molecule has 5 amide bonds. The highest BCUT2D eigenvalue weighted by Gasteiger charge is 2.43. The van der Waals surface area contributed by atoms with Crippen molar-refractivity contribution in [2.45, 2.75) is 31.8 Å². The standard InChI is InChI=1S/C21H22N4O4/c1-13(22-18(27)14-7-4-3-5-8-14)11-17(26)23-16-10-6-9-15(12-16)21(2)19(28)24-20(29)25-21/h3-10,12-13H,11H2,1-2H3,(H,22,27)(H,23,26)(H2,24,25,28,29)/t13-,21-/m0/s1. The number of urea groups is 1. The monoisotopic (exact) mass is 394 g/mol. The molecule has 150 valence electrons. The van der Waals surface area contributed by atoms with Crippen molar-refractivity contribution in [2.75, 3.05) is 5.32 Å². The second kappa shape index (κ2) is 8.14. The van der Waals surface area contributed by atoms with Gasteiger partial charge in [-0.1, -0.05) is 30.3 Å². The number of amides is 5. The van der Waals surface area contributed by atoms with E-state index in [0.29, 0.717) is 16.8 Å². The Kier molecular flexibility index (Phi) is 5.63. The topological polar surface area (TPSA) is 116 Å². The molecule has 0 unspecified atom stereocenters. The van der Waals surface area contributed by atoms with Gasteiger partial charge in [-0.15, -0.1) is 0 Å². The van der Waals surface area contributed by atoms with Crippen LogP contribution in [0.1, 0.15) is 36.2 Å². The Hall–Kier alpha value is -3.68. The van der Waals surface area contributed by atoms with Gasteiger partial charge in [0, 0.05) is 23.7 Å². The first-order valence-electron chi connectivity index (χ1n) is 9.18. The minimum atomic E-state index is -1.20. The Morgan fingerprint density at radius 1 is 1.07 bits per heavy atom. The van der Waals surface area contributed by atoms with Crippen molar-refractivity contribution in [3.63, 3.8) is 0 Å². The van der Waals surface area contributed by atoms with Gasteiger partial charge in [0.15, 0.2) is 0 Å². The number of nitrogens with one attached hydrogen (secondary N) is 4. The minimum absolute atomic E-state index is 0.0806. The summed E-state index contributed by atoms with van der Waals surface area (Å²) in [4.78, 5) is 48.1. The lowest BCUT2D eigenvalue weighted by atomic mass is 9.92. The number of imide groups is 1. The molecule has 1 saturated heterocycles. The number of benzene rings is 2. The second-order valence-corrected chi connectivity index (χ2v) is 7.11. The van der Waals surface area contributed by atoms with E-state index in [4.69, 9.17) is 0 Å². The summed E-state index contributed by atoms with van der Waals surface area (Å²) < 4.78 is 0. The van der Waals surface area contributed by atoms with Gasteiger partial charge in [-0.2, -0.15) is 0 Å². The van der Waals surface area contributed by atoms with Crippen molar-refractivity contribution in [3.05, 3.63) is 65.7 Å². The average molecular weight is 394 g/mol. The van der Waals surface area contributed by atoms with Crippen molar-refractivity contribution in [1.82, 2.24) is 16.0 Å². The van der Waals surface area contributed by atoms with Gasteiger partial charge in [0.05, 0.1) is 0 Å². The van der Waals surface area contributed by atoms with Gasteiger partial charge in [0.2, 0.25) is 5.91 Å². The molecule has 29 heavy (non-hydrogen) atoms. The number of hydrogen-bond acceptors (Lipinski definition) is 4. The average Bonchev–Trinajstić information content (AvgIpc) is 2.95. The van der Waals surface area contributed by atoms with Crippen LogP contribution in [0.15, 0.2) is 54.6 Å². The van der Waals surface area contributed by atoms with Crippen molar-refractivity contribution < 1.29 is 19.2 Å². The summed E-state index contributed by atoms with van der Waals surface area (Å²) in [7, 11) is 0. The molecule has 0 saturated carbocycles. The molecule has 1 fully saturated rings. The summed E-state index contributed by atoms with van der Waals surface area (Å²) in [5.74, 6) is -0.986. The highest BCUT2D eigenvalue weighted by molar-refractivity contribution is 6.07. The van der Waals surface area contributed by atoms with E-state index < -0.39 is 17.5 Å². The van der Waals surface area contributed by atoms with Crippen molar-refractivity contribution in [3.8, 4) is 0 Å². The molecular formula is C21H22N4O4. The van der Waals surface area contributed by atoms with E-state index in [1.165, 1.54) is 0 Å². The predicted molar refractivity (Wildman–Crippen MR) is 107 cm³/mol. The third-order valence-corrected chi connectivity index (χ3v) is 4.67. The largest absolute Gasteiger partial charge is 0.349 e. The van der Waals surface area contributed by atoms with Gasteiger partial charge >= 0.3 is 6.03 Å². The maximum absolute atomic E-state index is 12.4. The molecule has 2 aromatic rings. The molecule has 2 atom stereocenters. The first-order chi connectivity index (χ1) is 13.8. The Morgan fingerprint density at radius 2 is 1.79 bits per heavy atom. The third-order valence-electron chi connectivity index (χ3n) is 4.67. The Labute approximate surface area is 168 Å². The summed E-state index contributed by atoms with van der Waals surface area (Å²) in [5, 5.41) is 10.3. The van der Waals surface area contributed by atoms with E-state index in [2.05, 4.69) is 21.3 Å². The number of carbonyl (C=O) groups excluding carboxylic acids is 4. The third kappa shape index (κ3) is 4.60. The molecule has 1 aliphatic heterocycles. The van der Waals surface area contributed by atoms with Gasteiger partial charge in [0.1, 0.15) is 5.54 Å². The van der Waals surface area contributed by atoms with Crippen LogP contribution in [-0.2, 0) is 15.1 Å². The van der Waals surface area contributed by atoms with E-state index >= 15 is 0 Å². The molecule has 1 aliphatic rings. The van der Waals surface area contributed by atoms with Gasteiger partial charge < -0.3 is 16.0 Å². The zero-order valence-corrected chi connectivity index (χ0v) is 16.1. The highest BCUT2D eigenvalue weighted by Crippen LogP contribution is 2.26. The highest BCUT2D eigenvalue weighted by atomic mass is 16.2. The smallest absolute Gasteiger partial charge is 0.322 e. The molecule has 2 aromatic carbocycles. The molecule has 0 aromatic heterocycles. The lowest BCUT2D eigenvalue weighted by Crippen LogP contribution is -2.40. The fourth-order valence-electron chi connectivity index (χ4n) is 3.09. The van der Waals surface area contributed by atoms with Gasteiger partial charge in [0.25, 0.3) is 11.8 Å². The summed E-state index contributed by atoms with van der Waals surface area (Å²) in [6.45, 7) is 3.34. The lowest BCUT2D eigenvalue weighted by Gasteiger charge is -2.22. The zero-order valence-electron chi connectivity index (χ0n) is 16.1. The van der Waals surface area contributed by atoms with Crippen LogP contribution in [0.5, 0.6) is 0 Å². The van der Waals surface area contributed by atoms with E-state index in [-0.39, 0.29) is 24.3 Å². The summed E-state index contributed by atoms with van der Waals surface area (Å²) in [6, 6.07) is 14.5. The number of hydrogen-bond donors (Lipinski definition) is 4. The molecule has 4 N–H and O–H groups in total. The van der Waals surface area contributed by atoms with Crippen LogP contribution in [0.4, 0.5) is 10.5 Å². The van der Waals surface area contributed by atoms with Crippen LogP contribution in [0, 0.1) is 0 Å². The molecule has 0 aliphatic carbocycles. The number of anilines is 1. The maximum Gasteiger partial charge on any atom is 0.322 e. The fraction of sp³-hybridized carbons (Fsp3) is 0.238. The second-order valence-electron chi connectivity index (χ2n) is 7.11. The summed E-state index contributed by atoms with van der Waals surface area (Å²) in [5.41, 5.74) is 0.361.